The topological polar surface area (TPSA) is 84.4 Å². The molecule has 0 spiro atoms. The molecule has 0 aliphatic carbocycles. The van der Waals surface area contributed by atoms with E-state index in [0.717, 1.165) is 0 Å². The lowest BCUT2D eigenvalue weighted by molar-refractivity contribution is -0.824. The normalized spacial score (nSPS) is 31.0. The lowest BCUT2D eigenvalue weighted by Crippen LogP contribution is -2.58. The van der Waals surface area contributed by atoms with Crippen LogP contribution in [0.3, 0.4) is 0 Å². The molecule has 62 valence electrons. The van der Waals surface area contributed by atoms with Gasteiger partial charge in [-0.3, -0.25) is 0 Å². The third-order valence-corrected chi connectivity index (χ3v) is 1.73. The number of carbonyl (C=O) groups is 1. The summed E-state index contributed by atoms with van der Waals surface area (Å²) in [4.78, 5) is 12.6. The van der Waals surface area contributed by atoms with E-state index in [2.05, 4.69) is 5.53 Å². The maximum Gasteiger partial charge on any atom is 0.449 e. The molecule has 0 saturated carbocycles. The van der Waals surface area contributed by atoms with Crippen LogP contribution in [0, 0.1) is 0 Å². The van der Waals surface area contributed by atoms with Gasteiger partial charge in [0, 0.05) is 7.05 Å². The highest BCUT2D eigenvalue weighted by Crippen LogP contribution is 2.15. The van der Waals surface area contributed by atoms with Crippen molar-refractivity contribution in [2.45, 2.75) is 0 Å². The van der Waals surface area contributed by atoms with Crippen molar-refractivity contribution >= 4 is 6.03 Å². The number of amides is 2. The summed E-state index contributed by atoms with van der Waals surface area (Å²) >= 11 is 0. The Balaban J connectivity index is 2.97. The van der Waals surface area contributed by atoms with Crippen LogP contribution < -0.4 is 17.1 Å². The molecular formula is C5H12N5O+. The summed E-state index contributed by atoms with van der Waals surface area (Å²) in [6.45, 7) is 0. The minimum absolute atomic E-state index is 0.192. The number of quaternary nitrogens is 1. The van der Waals surface area contributed by atoms with Crippen molar-refractivity contribution in [1.29, 1.82) is 0 Å². The van der Waals surface area contributed by atoms with Crippen LogP contribution in [-0.2, 0) is 0 Å². The van der Waals surface area contributed by atoms with Crippen molar-refractivity contribution in [3.63, 3.8) is 0 Å². The Hall–Kier alpha value is -1.11. The van der Waals surface area contributed by atoms with Crippen LogP contribution in [-0.4, -0.2) is 29.6 Å². The molecule has 0 aromatic heterocycles. The Bertz CT molecular complexity index is 225. The highest BCUT2D eigenvalue weighted by molar-refractivity contribution is 5.71. The zero-order chi connectivity index (χ0) is 8.65. The van der Waals surface area contributed by atoms with Gasteiger partial charge in [0.25, 0.3) is 0 Å². The first-order chi connectivity index (χ1) is 5.01. The maximum atomic E-state index is 11.3. The molecular weight excluding hydrogens is 146 g/mol. The van der Waals surface area contributed by atoms with Crippen LogP contribution in [0.5, 0.6) is 0 Å². The van der Waals surface area contributed by atoms with Gasteiger partial charge in [-0.2, -0.15) is 0 Å². The molecule has 0 bridgehead atoms. The van der Waals surface area contributed by atoms with Gasteiger partial charge in [-0.1, -0.05) is 5.53 Å². The number of nitrogens with two attached hydrogens (primary N) is 2. The Morgan fingerprint density at radius 1 is 1.73 bits per heavy atom. The van der Waals surface area contributed by atoms with Gasteiger partial charge >= 0.3 is 6.03 Å². The summed E-state index contributed by atoms with van der Waals surface area (Å²) in [6.07, 6.45) is 1.53. The summed E-state index contributed by atoms with van der Waals surface area (Å²) in [6, 6.07) is -0.204. The summed E-state index contributed by atoms with van der Waals surface area (Å²) in [5, 5.41) is 0. The van der Waals surface area contributed by atoms with E-state index >= 15 is 0 Å². The van der Waals surface area contributed by atoms with Gasteiger partial charge in [0.15, 0.2) is 12.0 Å². The Morgan fingerprint density at radius 2 is 2.27 bits per heavy atom. The van der Waals surface area contributed by atoms with E-state index < -0.39 is 0 Å². The smallest absolute Gasteiger partial charge is 0.380 e. The molecule has 11 heavy (non-hydrogen) atoms. The highest BCUT2D eigenvalue weighted by Gasteiger charge is 2.41. The van der Waals surface area contributed by atoms with Crippen molar-refractivity contribution < 1.29 is 9.39 Å². The fourth-order valence-corrected chi connectivity index (χ4v) is 0.921. The molecule has 0 radical (unpaired) electrons. The molecule has 5 N–H and O–H groups in total. The molecule has 0 aromatic rings. The van der Waals surface area contributed by atoms with Gasteiger partial charge in [0.2, 0.25) is 0 Å². The van der Waals surface area contributed by atoms with E-state index in [0.29, 0.717) is 5.82 Å². The number of urea groups is 1. The summed E-state index contributed by atoms with van der Waals surface area (Å²) in [5.41, 5.74) is 7.82. The molecule has 2 amide bonds. The van der Waals surface area contributed by atoms with E-state index in [1.165, 1.54) is 11.1 Å². The fraction of sp³-hybridized carbons (Fsp3) is 0.400. The van der Waals surface area contributed by atoms with Crippen molar-refractivity contribution in [3.05, 3.63) is 12.0 Å². The Labute approximate surface area is 64.6 Å². The minimum atomic E-state index is -0.204. The average molecular weight is 158 g/mol. The third-order valence-electron chi connectivity index (χ3n) is 1.73. The third kappa shape index (κ3) is 0.967. The second kappa shape index (κ2) is 2.19. The van der Waals surface area contributed by atoms with Gasteiger partial charge in [-0.25, -0.2) is 15.5 Å². The molecule has 1 heterocycles. The van der Waals surface area contributed by atoms with E-state index in [-0.39, 0.29) is 10.6 Å². The van der Waals surface area contributed by atoms with Crippen LogP contribution in [0.4, 0.5) is 4.79 Å². The first-order valence-electron chi connectivity index (χ1n) is 3.12. The Morgan fingerprint density at radius 3 is 2.45 bits per heavy atom. The summed E-state index contributed by atoms with van der Waals surface area (Å²) in [5.74, 6) is 5.56. The summed E-state index contributed by atoms with van der Waals surface area (Å²) < 4.78 is -0.192. The fourth-order valence-electron chi connectivity index (χ4n) is 0.921. The predicted molar refractivity (Wildman–Crippen MR) is 38.9 cm³/mol. The largest absolute Gasteiger partial charge is 0.449 e. The predicted octanol–water partition coefficient (Wildman–Crippen LogP) is -1.37. The van der Waals surface area contributed by atoms with E-state index in [9.17, 15) is 4.79 Å². The van der Waals surface area contributed by atoms with Crippen molar-refractivity contribution in [2.24, 2.45) is 11.6 Å². The maximum absolute atomic E-state index is 11.3. The molecule has 1 aliphatic rings. The SMILES string of the molecule is CN1C(=O)[N+](C)(NN)C=C1N. The van der Waals surface area contributed by atoms with Crippen molar-refractivity contribution in [2.75, 3.05) is 14.1 Å². The molecule has 1 rings (SSSR count). The van der Waals surface area contributed by atoms with E-state index in [4.69, 9.17) is 11.6 Å². The quantitative estimate of drug-likeness (QED) is 0.250. The Kier molecular flexibility index (Phi) is 1.59. The molecule has 1 aliphatic heterocycles. The molecule has 0 aromatic carbocycles. The molecule has 0 fully saturated rings. The van der Waals surface area contributed by atoms with Gasteiger partial charge in [-0.05, 0) is 0 Å². The van der Waals surface area contributed by atoms with E-state index in [1.54, 1.807) is 14.1 Å². The minimum Gasteiger partial charge on any atom is -0.380 e. The van der Waals surface area contributed by atoms with Gasteiger partial charge in [-0.15, -0.1) is 4.59 Å². The zero-order valence-electron chi connectivity index (χ0n) is 6.53. The summed E-state index contributed by atoms with van der Waals surface area (Å²) in [7, 11) is 3.20. The van der Waals surface area contributed by atoms with Gasteiger partial charge in [0.1, 0.15) is 7.05 Å². The van der Waals surface area contributed by atoms with Crippen LogP contribution in [0.25, 0.3) is 0 Å². The molecule has 0 saturated heterocycles. The lowest BCUT2D eigenvalue weighted by atomic mass is 10.7. The molecule has 1 unspecified atom stereocenters. The first-order valence-corrected chi connectivity index (χ1v) is 3.12. The standard InChI is InChI=1S/C5H12N5O/c1-9-4(6)3-10(2,8-7)5(9)11/h3,8H,6-7H2,1-2H3/q+1. The first kappa shape index (κ1) is 7.99. The monoisotopic (exact) mass is 158 g/mol. The van der Waals surface area contributed by atoms with Crippen LogP contribution in [0.15, 0.2) is 12.0 Å². The van der Waals surface area contributed by atoms with Gasteiger partial charge < -0.3 is 5.73 Å². The van der Waals surface area contributed by atoms with Crippen LogP contribution in [0.2, 0.25) is 0 Å². The van der Waals surface area contributed by atoms with Crippen molar-refractivity contribution in [3.8, 4) is 0 Å². The molecule has 1 atom stereocenters. The number of carbonyl (C=O) groups excluding carboxylic acids is 1. The average Bonchev–Trinajstić information content (AvgIpc) is 2.17. The number of hydrogen-bond acceptors (Lipinski definition) is 4. The zero-order valence-corrected chi connectivity index (χ0v) is 6.53. The highest BCUT2D eigenvalue weighted by atomic mass is 16.2. The van der Waals surface area contributed by atoms with Crippen LogP contribution >= 0.6 is 0 Å². The number of hydrazine groups is 1. The molecule has 6 heteroatoms. The number of nitrogens with one attached hydrogen (secondary N) is 1. The number of rotatable bonds is 1. The van der Waals surface area contributed by atoms with Crippen molar-refractivity contribution in [1.82, 2.24) is 10.4 Å². The second-order valence-corrected chi connectivity index (χ2v) is 2.60. The van der Waals surface area contributed by atoms with Gasteiger partial charge in [0.05, 0.1) is 0 Å². The lowest BCUT2D eigenvalue weighted by Gasteiger charge is -2.20. The second-order valence-electron chi connectivity index (χ2n) is 2.60. The van der Waals surface area contributed by atoms with Crippen LogP contribution in [0.1, 0.15) is 0 Å². The molecule has 6 nitrogen and oxygen atoms in total. The number of nitrogens with zero attached hydrogens (tertiary/aromatic N) is 2. The number of hydrogen-bond donors (Lipinski definition) is 3. The van der Waals surface area contributed by atoms with E-state index in [1.807, 2.05) is 0 Å².